The first-order chi connectivity index (χ1) is 10.1. The first kappa shape index (κ1) is 15.1. The summed E-state index contributed by atoms with van der Waals surface area (Å²) in [4.78, 5) is 10.2. The Morgan fingerprint density at radius 3 is 2.71 bits per heavy atom. The van der Waals surface area contributed by atoms with Gasteiger partial charge in [0.2, 0.25) is 0 Å². The van der Waals surface area contributed by atoms with Crippen molar-refractivity contribution in [3.63, 3.8) is 0 Å². The van der Waals surface area contributed by atoms with E-state index >= 15 is 0 Å². The Morgan fingerprint density at radius 2 is 2.24 bits per heavy atom. The van der Waals surface area contributed by atoms with Crippen molar-refractivity contribution in [1.29, 1.82) is 5.26 Å². The SMILES string of the molecule is CNC(C#N)(COc1ccc([N+](=O)[O-])cc1OC)C1CC1. The Balaban J connectivity index is 2.16. The van der Waals surface area contributed by atoms with E-state index in [1.165, 1.54) is 25.3 Å². The number of methoxy groups -OCH3 is 1. The van der Waals surface area contributed by atoms with Crippen LogP contribution in [-0.2, 0) is 0 Å². The molecule has 1 unspecified atom stereocenters. The Morgan fingerprint density at radius 1 is 1.52 bits per heavy atom. The Hall–Kier alpha value is -2.33. The van der Waals surface area contributed by atoms with Gasteiger partial charge in [-0.25, -0.2) is 0 Å². The van der Waals surface area contributed by atoms with E-state index in [0.717, 1.165) is 12.8 Å². The van der Waals surface area contributed by atoms with Crippen LogP contribution in [0.2, 0.25) is 0 Å². The van der Waals surface area contributed by atoms with E-state index in [-0.39, 0.29) is 24.0 Å². The van der Waals surface area contributed by atoms with Crippen LogP contribution in [0.1, 0.15) is 12.8 Å². The fraction of sp³-hybridized carbons (Fsp3) is 0.500. The summed E-state index contributed by atoms with van der Waals surface area (Å²) >= 11 is 0. The highest BCUT2D eigenvalue weighted by Gasteiger charge is 2.45. The number of likely N-dealkylation sites (N-methyl/N-ethyl adjacent to an activating group) is 1. The maximum Gasteiger partial charge on any atom is 0.273 e. The van der Waals surface area contributed by atoms with E-state index in [4.69, 9.17) is 9.47 Å². The second-order valence-corrected chi connectivity index (χ2v) is 4.99. The Kier molecular flexibility index (Phi) is 4.29. The van der Waals surface area contributed by atoms with Crippen LogP contribution in [0.25, 0.3) is 0 Å². The summed E-state index contributed by atoms with van der Waals surface area (Å²) < 4.78 is 10.8. The average molecular weight is 291 g/mol. The Labute approximate surface area is 122 Å². The van der Waals surface area contributed by atoms with E-state index in [1.54, 1.807) is 7.05 Å². The second-order valence-electron chi connectivity index (χ2n) is 4.99. The lowest BCUT2D eigenvalue weighted by molar-refractivity contribution is -0.385. The molecule has 2 rings (SSSR count). The van der Waals surface area contributed by atoms with Crippen LogP contribution in [0.15, 0.2) is 18.2 Å². The zero-order chi connectivity index (χ0) is 15.5. The van der Waals surface area contributed by atoms with Crippen LogP contribution in [0.3, 0.4) is 0 Å². The van der Waals surface area contributed by atoms with Crippen LogP contribution in [-0.4, -0.2) is 31.2 Å². The highest BCUT2D eigenvalue weighted by molar-refractivity contribution is 5.48. The van der Waals surface area contributed by atoms with Crippen LogP contribution in [0, 0.1) is 27.4 Å². The number of rotatable bonds is 7. The number of benzene rings is 1. The van der Waals surface area contributed by atoms with Crippen LogP contribution in [0.5, 0.6) is 11.5 Å². The van der Waals surface area contributed by atoms with Crippen molar-refractivity contribution in [2.75, 3.05) is 20.8 Å². The van der Waals surface area contributed by atoms with Gasteiger partial charge in [-0.05, 0) is 31.9 Å². The molecule has 0 aromatic heterocycles. The lowest BCUT2D eigenvalue weighted by Crippen LogP contribution is -2.49. The van der Waals surface area contributed by atoms with Crippen molar-refractivity contribution < 1.29 is 14.4 Å². The van der Waals surface area contributed by atoms with Crippen molar-refractivity contribution in [3.05, 3.63) is 28.3 Å². The number of non-ortho nitro benzene ring substituents is 1. The highest BCUT2D eigenvalue weighted by atomic mass is 16.6. The highest BCUT2D eigenvalue weighted by Crippen LogP contribution is 2.40. The topological polar surface area (TPSA) is 97.4 Å². The summed E-state index contributed by atoms with van der Waals surface area (Å²) in [5, 5.41) is 23.2. The lowest BCUT2D eigenvalue weighted by atomic mass is 9.96. The monoisotopic (exact) mass is 291 g/mol. The second kappa shape index (κ2) is 5.97. The third-order valence-electron chi connectivity index (χ3n) is 3.73. The number of nitro groups is 1. The van der Waals surface area contributed by atoms with Gasteiger partial charge in [-0.1, -0.05) is 0 Å². The molecule has 1 aromatic rings. The number of nitrogens with one attached hydrogen (secondary N) is 1. The molecule has 1 fully saturated rings. The number of nitrogens with zero attached hydrogens (tertiary/aromatic N) is 2. The normalized spacial score (nSPS) is 16.6. The molecular weight excluding hydrogens is 274 g/mol. The molecule has 0 amide bonds. The molecule has 21 heavy (non-hydrogen) atoms. The molecular formula is C14H17N3O4. The van der Waals surface area contributed by atoms with E-state index < -0.39 is 10.5 Å². The maximum atomic E-state index is 10.7. The standard InChI is InChI=1S/C14H17N3O4/c1-16-14(8-15,10-3-4-10)9-21-12-6-5-11(17(18)19)7-13(12)20-2/h5-7,10,16H,3-4,9H2,1-2H3. The van der Waals surface area contributed by atoms with Crippen molar-refractivity contribution in [3.8, 4) is 17.6 Å². The number of ether oxygens (including phenoxy) is 2. The van der Waals surface area contributed by atoms with Gasteiger partial charge in [-0.3, -0.25) is 15.4 Å². The number of nitro benzene ring substituents is 1. The zero-order valence-corrected chi connectivity index (χ0v) is 12.0. The minimum absolute atomic E-state index is 0.0680. The van der Waals surface area contributed by atoms with Crippen LogP contribution < -0.4 is 14.8 Å². The van der Waals surface area contributed by atoms with E-state index in [9.17, 15) is 15.4 Å². The molecule has 0 aliphatic heterocycles. The summed E-state index contributed by atoms with van der Waals surface area (Å²) in [6.45, 7) is 0.166. The number of hydrogen-bond donors (Lipinski definition) is 1. The number of hydrogen-bond acceptors (Lipinski definition) is 6. The van der Waals surface area contributed by atoms with Crippen LogP contribution in [0.4, 0.5) is 5.69 Å². The quantitative estimate of drug-likeness (QED) is 0.608. The fourth-order valence-corrected chi connectivity index (χ4v) is 2.23. The lowest BCUT2D eigenvalue weighted by Gasteiger charge is -2.26. The molecule has 7 heteroatoms. The van der Waals surface area contributed by atoms with E-state index in [0.29, 0.717) is 5.75 Å². The molecule has 1 aliphatic rings. The van der Waals surface area contributed by atoms with Gasteiger partial charge in [0.05, 0.1) is 24.2 Å². The average Bonchev–Trinajstić information content (AvgIpc) is 3.34. The van der Waals surface area contributed by atoms with Crippen LogP contribution >= 0.6 is 0 Å². The summed E-state index contributed by atoms with van der Waals surface area (Å²) in [5.74, 6) is 0.943. The molecule has 112 valence electrons. The van der Waals surface area contributed by atoms with Gasteiger partial charge in [-0.15, -0.1) is 0 Å². The van der Waals surface area contributed by atoms with Gasteiger partial charge >= 0.3 is 0 Å². The van der Waals surface area contributed by atoms with Crippen molar-refractivity contribution in [2.45, 2.75) is 18.4 Å². The summed E-state index contributed by atoms with van der Waals surface area (Å²) in [5.41, 5.74) is -0.797. The predicted octanol–water partition coefficient (Wildman–Crippen LogP) is 1.87. The van der Waals surface area contributed by atoms with Gasteiger partial charge in [0.25, 0.3) is 5.69 Å². The fourth-order valence-electron chi connectivity index (χ4n) is 2.23. The molecule has 1 N–H and O–H groups in total. The molecule has 1 saturated carbocycles. The largest absolute Gasteiger partial charge is 0.493 e. The van der Waals surface area contributed by atoms with Crippen molar-refractivity contribution in [1.82, 2.24) is 5.32 Å². The Bertz CT molecular complexity index is 580. The first-order valence-corrected chi connectivity index (χ1v) is 6.61. The smallest absolute Gasteiger partial charge is 0.273 e. The van der Waals surface area contributed by atoms with Gasteiger partial charge < -0.3 is 9.47 Å². The third-order valence-corrected chi connectivity index (χ3v) is 3.73. The molecule has 7 nitrogen and oxygen atoms in total. The summed E-state index contributed by atoms with van der Waals surface area (Å²) in [6.07, 6.45) is 1.99. The van der Waals surface area contributed by atoms with Gasteiger partial charge in [0.15, 0.2) is 11.5 Å². The molecule has 0 bridgehead atoms. The summed E-state index contributed by atoms with van der Waals surface area (Å²) in [6, 6.07) is 6.42. The zero-order valence-electron chi connectivity index (χ0n) is 12.0. The van der Waals surface area contributed by atoms with Crippen molar-refractivity contribution in [2.24, 2.45) is 5.92 Å². The minimum Gasteiger partial charge on any atom is -0.493 e. The molecule has 0 heterocycles. The molecule has 1 aromatic carbocycles. The molecule has 1 atom stereocenters. The number of nitriles is 1. The first-order valence-electron chi connectivity index (χ1n) is 6.61. The van der Waals surface area contributed by atoms with Crippen molar-refractivity contribution >= 4 is 5.69 Å². The maximum absolute atomic E-state index is 10.7. The van der Waals surface area contributed by atoms with E-state index in [1.807, 2.05) is 0 Å². The van der Waals surface area contributed by atoms with E-state index in [2.05, 4.69) is 11.4 Å². The summed E-state index contributed by atoms with van der Waals surface area (Å²) in [7, 11) is 3.15. The molecule has 1 aliphatic carbocycles. The van der Waals surface area contributed by atoms with Gasteiger partial charge in [0.1, 0.15) is 12.1 Å². The predicted molar refractivity (Wildman–Crippen MR) is 75.3 cm³/mol. The molecule has 0 spiro atoms. The third kappa shape index (κ3) is 3.06. The van der Waals surface area contributed by atoms with Gasteiger partial charge in [0, 0.05) is 6.07 Å². The van der Waals surface area contributed by atoms with Gasteiger partial charge in [-0.2, -0.15) is 5.26 Å². The minimum atomic E-state index is -0.729. The molecule has 0 radical (unpaired) electrons. The molecule has 0 saturated heterocycles.